The second-order valence-electron chi connectivity index (χ2n) is 10.0. The number of methoxy groups -OCH3 is 1. The van der Waals surface area contributed by atoms with Gasteiger partial charge in [0.1, 0.15) is 18.3 Å². The normalized spacial score (nSPS) is 12.8. The van der Waals surface area contributed by atoms with E-state index in [1.54, 1.807) is 37.3 Å². The first kappa shape index (κ1) is 30.7. The molecule has 0 saturated heterocycles. The molecule has 0 fully saturated rings. The van der Waals surface area contributed by atoms with E-state index in [1.165, 1.54) is 24.1 Å². The fraction of sp³-hybridized carbons (Fsp3) is 0.355. The SMILES string of the molecule is CCC(C)NC(=O)C(C)N(Cc1ccc(C)cc1)C(=O)CN(c1cc(C)ccc1OC)S(=O)(=O)c1ccccc1. The molecule has 0 bridgehead atoms. The number of ether oxygens (including phenoxy) is 1. The highest BCUT2D eigenvalue weighted by Crippen LogP contribution is 2.33. The van der Waals surface area contributed by atoms with Crippen LogP contribution in [0.4, 0.5) is 5.69 Å². The number of hydrogen-bond acceptors (Lipinski definition) is 5. The van der Waals surface area contributed by atoms with E-state index in [0.717, 1.165) is 27.4 Å². The van der Waals surface area contributed by atoms with Crippen LogP contribution < -0.4 is 14.4 Å². The van der Waals surface area contributed by atoms with E-state index < -0.39 is 28.5 Å². The molecule has 0 aliphatic rings. The van der Waals surface area contributed by atoms with Crippen molar-refractivity contribution in [2.24, 2.45) is 0 Å². The van der Waals surface area contributed by atoms with Crippen molar-refractivity contribution < 1.29 is 22.7 Å². The van der Waals surface area contributed by atoms with E-state index in [9.17, 15) is 18.0 Å². The summed E-state index contributed by atoms with van der Waals surface area (Å²) in [5.74, 6) is -0.513. The number of carbonyl (C=O) groups is 2. The van der Waals surface area contributed by atoms with Crippen molar-refractivity contribution in [1.82, 2.24) is 10.2 Å². The van der Waals surface area contributed by atoms with Gasteiger partial charge in [-0.25, -0.2) is 8.42 Å². The highest BCUT2D eigenvalue weighted by Gasteiger charge is 2.34. The highest BCUT2D eigenvalue weighted by atomic mass is 32.2. The molecule has 3 rings (SSSR count). The van der Waals surface area contributed by atoms with Crippen LogP contribution >= 0.6 is 0 Å². The number of anilines is 1. The second kappa shape index (κ2) is 13.5. The van der Waals surface area contributed by atoms with Gasteiger partial charge in [0.2, 0.25) is 11.8 Å². The number of nitrogens with zero attached hydrogens (tertiary/aromatic N) is 2. The Balaban J connectivity index is 2.08. The monoisotopic (exact) mass is 565 g/mol. The van der Waals surface area contributed by atoms with Gasteiger partial charge in [-0.05, 0) is 69.5 Å². The van der Waals surface area contributed by atoms with Crippen molar-refractivity contribution in [3.8, 4) is 5.75 Å². The van der Waals surface area contributed by atoms with Gasteiger partial charge in [0.25, 0.3) is 10.0 Å². The molecule has 0 aromatic heterocycles. The smallest absolute Gasteiger partial charge is 0.264 e. The number of benzene rings is 3. The molecular formula is C31H39N3O5S. The van der Waals surface area contributed by atoms with Crippen LogP contribution in [0.2, 0.25) is 0 Å². The van der Waals surface area contributed by atoms with Crippen LogP contribution in [0, 0.1) is 13.8 Å². The maximum Gasteiger partial charge on any atom is 0.264 e. The van der Waals surface area contributed by atoms with Crippen LogP contribution in [0.5, 0.6) is 5.75 Å². The van der Waals surface area contributed by atoms with Crippen LogP contribution in [0.1, 0.15) is 43.9 Å². The molecule has 0 saturated carbocycles. The molecule has 214 valence electrons. The first-order valence-corrected chi connectivity index (χ1v) is 14.8. The third kappa shape index (κ3) is 7.41. The fourth-order valence-corrected chi connectivity index (χ4v) is 5.60. The number of aryl methyl sites for hydroxylation is 2. The summed E-state index contributed by atoms with van der Waals surface area (Å²) >= 11 is 0. The van der Waals surface area contributed by atoms with Crippen LogP contribution in [0.15, 0.2) is 77.7 Å². The maximum atomic E-state index is 14.1. The Morgan fingerprint density at radius 2 is 1.55 bits per heavy atom. The molecule has 2 atom stereocenters. The molecule has 0 aliphatic heterocycles. The molecule has 9 heteroatoms. The van der Waals surface area contributed by atoms with Crippen LogP contribution in [-0.4, -0.2) is 50.9 Å². The number of nitrogens with one attached hydrogen (secondary N) is 1. The van der Waals surface area contributed by atoms with E-state index in [1.807, 2.05) is 58.0 Å². The predicted molar refractivity (Wildman–Crippen MR) is 158 cm³/mol. The van der Waals surface area contributed by atoms with Gasteiger partial charge in [0.05, 0.1) is 17.7 Å². The molecule has 0 heterocycles. The second-order valence-corrected chi connectivity index (χ2v) is 11.9. The average Bonchev–Trinajstić information content (AvgIpc) is 2.95. The molecule has 8 nitrogen and oxygen atoms in total. The van der Waals surface area contributed by atoms with Crippen molar-refractivity contribution in [3.05, 3.63) is 89.5 Å². The lowest BCUT2D eigenvalue weighted by atomic mass is 10.1. The van der Waals surface area contributed by atoms with Crippen LogP contribution in [0.25, 0.3) is 0 Å². The summed E-state index contributed by atoms with van der Waals surface area (Å²) < 4.78 is 34.5. The van der Waals surface area contributed by atoms with Crippen molar-refractivity contribution in [3.63, 3.8) is 0 Å². The van der Waals surface area contributed by atoms with Crippen molar-refractivity contribution in [2.75, 3.05) is 18.0 Å². The number of sulfonamides is 1. The zero-order chi connectivity index (χ0) is 29.4. The topological polar surface area (TPSA) is 96.0 Å². The summed E-state index contributed by atoms with van der Waals surface area (Å²) in [5.41, 5.74) is 2.93. The quantitative estimate of drug-likeness (QED) is 0.339. The molecule has 3 aromatic rings. The minimum atomic E-state index is -4.17. The third-order valence-electron chi connectivity index (χ3n) is 6.85. The first-order valence-electron chi connectivity index (χ1n) is 13.4. The summed E-state index contributed by atoms with van der Waals surface area (Å²) in [5, 5.41) is 2.94. The van der Waals surface area contributed by atoms with E-state index >= 15 is 0 Å². The Bertz CT molecular complexity index is 1410. The molecule has 2 unspecified atom stereocenters. The Hall–Kier alpha value is -3.85. The minimum Gasteiger partial charge on any atom is -0.495 e. The van der Waals surface area contributed by atoms with E-state index in [0.29, 0.717) is 5.75 Å². The summed E-state index contributed by atoms with van der Waals surface area (Å²) in [7, 11) is -2.72. The standard InChI is InChI=1S/C31H39N3O5S/c1-7-24(4)32-31(36)25(5)33(20-26-16-13-22(2)14-17-26)30(35)21-34(28-19-23(3)15-18-29(28)39-6)40(37,38)27-11-9-8-10-12-27/h8-19,24-25H,7,20-21H2,1-6H3,(H,32,36). The molecule has 3 aromatic carbocycles. The number of carbonyl (C=O) groups excluding carboxylic acids is 2. The summed E-state index contributed by atoms with van der Waals surface area (Å²) in [6.07, 6.45) is 0.737. The zero-order valence-electron chi connectivity index (χ0n) is 24.0. The predicted octanol–water partition coefficient (Wildman–Crippen LogP) is 4.84. The summed E-state index contributed by atoms with van der Waals surface area (Å²) in [4.78, 5) is 28.7. The summed E-state index contributed by atoms with van der Waals surface area (Å²) in [6.45, 7) is 8.94. The fourth-order valence-electron chi connectivity index (χ4n) is 4.17. The maximum absolute atomic E-state index is 14.1. The Kier molecular flexibility index (Phi) is 10.3. The lowest BCUT2D eigenvalue weighted by Crippen LogP contribution is -2.52. The number of rotatable bonds is 12. The Labute approximate surface area is 238 Å². The molecule has 40 heavy (non-hydrogen) atoms. The summed E-state index contributed by atoms with van der Waals surface area (Å²) in [6, 6.07) is 19.9. The van der Waals surface area contributed by atoms with Gasteiger partial charge in [0.15, 0.2) is 0 Å². The van der Waals surface area contributed by atoms with Crippen molar-refractivity contribution in [1.29, 1.82) is 0 Å². The zero-order valence-corrected chi connectivity index (χ0v) is 24.9. The van der Waals surface area contributed by atoms with Crippen molar-refractivity contribution >= 4 is 27.5 Å². The Morgan fingerprint density at radius 3 is 2.15 bits per heavy atom. The molecule has 0 radical (unpaired) electrons. The largest absolute Gasteiger partial charge is 0.495 e. The van der Waals surface area contributed by atoms with Gasteiger partial charge in [-0.2, -0.15) is 0 Å². The Morgan fingerprint density at radius 1 is 0.925 bits per heavy atom. The van der Waals surface area contributed by atoms with E-state index in [-0.39, 0.29) is 29.1 Å². The number of amides is 2. The first-order chi connectivity index (χ1) is 19.0. The highest BCUT2D eigenvalue weighted by molar-refractivity contribution is 7.92. The van der Waals surface area contributed by atoms with E-state index in [4.69, 9.17) is 4.74 Å². The van der Waals surface area contributed by atoms with E-state index in [2.05, 4.69) is 5.32 Å². The van der Waals surface area contributed by atoms with Gasteiger partial charge in [-0.3, -0.25) is 13.9 Å². The van der Waals surface area contributed by atoms with Crippen LogP contribution in [-0.2, 0) is 26.2 Å². The van der Waals surface area contributed by atoms with Gasteiger partial charge >= 0.3 is 0 Å². The van der Waals surface area contributed by atoms with Gasteiger partial charge < -0.3 is 15.0 Å². The van der Waals surface area contributed by atoms with Crippen molar-refractivity contribution in [2.45, 2.75) is 64.6 Å². The molecule has 0 spiro atoms. The van der Waals surface area contributed by atoms with Gasteiger partial charge in [0, 0.05) is 12.6 Å². The van der Waals surface area contributed by atoms with Gasteiger partial charge in [-0.15, -0.1) is 0 Å². The number of hydrogen-bond donors (Lipinski definition) is 1. The third-order valence-corrected chi connectivity index (χ3v) is 8.63. The van der Waals surface area contributed by atoms with Crippen LogP contribution in [0.3, 0.4) is 0 Å². The molecular weight excluding hydrogens is 526 g/mol. The van der Waals surface area contributed by atoms with Gasteiger partial charge in [-0.1, -0.05) is 61.0 Å². The molecule has 0 aliphatic carbocycles. The lowest BCUT2D eigenvalue weighted by Gasteiger charge is -2.33. The minimum absolute atomic E-state index is 0.0407. The lowest BCUT2D eigenvalue weighted by molar-refractivity contribution is -0.139. The average molecular weight is 566 g/mol. The molecule has 1 N–H and O–H groups in total. The molecule has 2 amide bonds.